The maximum absolute atomic E-state index is 5.47. The van der Waals surface area contributed by atoms with Gasteiger partial charge >= 0.3 is 0 Å². The third-order valence-electron chi connectivity index (χ3n) is 2.77. The van der Waals surface area contributed by atoms with E-state index in [2.05, 4.69) is 16.9 Å². The van der Waals surface area contributed by atoms with Crippen LogP contribution in [0.4, 0.5) is 0 Å². The SMILES string of the molecule is CCc1cc(=S)nc(C(OC)C2CC2)[nH]1. The van der Waals surface area contributed by atoms with Gasteiger partial charge in [0.2, 0.25) is 0 Å². The van der Waals surface area contributed by atoms with Crippen LogP contribution < -0.4 is 0 Å². The molecule has 1 aromatic rings. The van der Waals surface area contributed by atoms with Gasteiger partial charge in [0.1, 0.15) is 16.6 Å². The van der Waals surface area contributed by atoms with Crippen molar-refractivity contribution in [1.29, 1.82) is 0 Å². The molecule has 82 valence electrons. The van der Waals surface area contributed by atoms with Crippen molar-refractivity contribution in [2.75, 3.05) is 7.11 Å². The summed E-state index contributed by atoms with van der Waals surface area (Å²) in [5.41, 5.74) is 1.13. The molecule has 0 bridgehead atoms. The van der Waals surface area contributed by atoms with Crippen molar-refractivity contribution in [1.82, 2.24) is 9.97 Å². The average Bonchev–Trinajstić information content (AvgIpc) is 3.02. The van der Waals surface area contributed by atoms with Gasteiger partial charge in [-0.2, -0.15) is 0 Å². The third-order valence-corrected chi connectivity index (χ3v) is 2.98. The first-order valence-corrected chi connectivity index (χ1v) is 5.78. The highest BCUT2D eigenvalue weighted by atomic mass is 32.1. The molecule has 4 heteroatoms. The molecule has 1 atom stereocenters. The number of nitrogens with zero attached hydrogens (tertiary/aromatic N) is 1. The Morgan fingerprint density at radius 1 is 1.67 bits per heavy atom. The Labute approximate surface area is 94.9 Å². The van der Waals surface area contributed by atoms with E-state index in [4.69, 9.17) is 17.0 Å². The molecule has 0 saturated heterocycles. The minimum Gasteiger partial charge on any atom is -0.373 e. The zero-order chi connectivity index (χ0) is 10.8. The average molecular weight is 224 g/mol. The molecular weight excluding hydrogens is 208 g/mol. The lowest BCUT2D eigenvalue weighted by Gasteiger charge is -2.14. The van der Waals surface area contributed by atoms with E-state index in [-0.39, 0.29) is 6.10 Å². The summed E-state index contributed by atoms with van der Waals surface area (Å²) in [7, 11) is 1.74. The van der Waals surface area contributed by atoms with E-state index in [1.807, 2.05) is 6.07 Å². The minimum absolute atomic E-state index is 0.0956. The van der Waals surface area contributed by atoms with Crippen LogP contribution >= 0.6 is 12.2 Å². The van der Waals surface area contributed by atoms with Gasteiger partial charge in [-0.1, -0.05) is 19.1 Å². The molecule has 0 spiro atoms. The maximum atomic E-state index is 5.47. The van der Waals surface area contributed by atoms with E-state index in [0.717, 1.165) is 17.9 Å². The predicted octanol–water partition coefficient (Wildman–Crippen LogP) is 2.80. The fourth-order valence-electron chi connectivity index (χ4n) is 1.78. The molecule has 1 fully saturated rings. The summed E-state index contributed by atoms with van der Waals surface area (Å²) in [6.45, 7) is 2.10. The number of aromatic nitrogens is 2. The number of hydrogen-bond acceptors (Lipinski definition) is 3. The van der Waals surface area contributed by atoms with Crippen LogP contribution in [0.1, 0.15) is 37.4 Å². The molecule has 2 rings (SSSR count). The molecule has 0 aliphatic heterocycles. The highest BCUT2D eigenvalue weighted by molar-refractivity contribution is 7.71. The Morgan fingerprint density at radius 3 is 2.93 bits per heavy atom. The molecule has 3 nitrogen and oxygen atoms in total. The van der Waals surface area contributed by atoms with Crippen molar-refractivity contribution in [2.24, 2.45) is 5.92 Å². The zero-order valence-corrected chi connectivity index (χ0v) is 9.93. The lowest BCUT2D eigenvalue weighted by atomic mass is 10.2. The number of aromatic amines is 1. The normalized spacial score (nSPS) is 17.7. The largest absolute Gasteiger partial charge is 0.373 e. The summed E-state index contributed by atoms with van der Waals surface area (Å²) in [6.07, 6.45) is 3.51. The summed E-state index contributed by atoms with van der Waals surface area (Å²) in [4.78, 5) is 7.65. The first-order valence-electron chi connectivity index (χ1n) is 5.37. The second-order valence-corrected chi connectivity index (χ2v) is 4.40. The Balaban J connectivity index is 2.32. The van der Waals surface area contributed by atoms with Crippen molar-refractivity contribution in [3.63, 3.8) is 0 Å². The Hall–Kier alpha value is -0.740. The Bertz CT molecular complexity index is 398. The van der Waals surface area contributed by atoms with Crippen molar-refractivity contribution < 1.29 is 4.74 Å². The van der Waals surface area contributed by atoms with E-state index >= 15 is 0 Å². The molecule has 0 amide bonds. The van der Waals surface area contributed by atoms with Gasteiger partial charge in [-0.3, -0.25) is 0 Å². The Kier molecular flexibility index (Phi) is 3.17. The molecule has 1 N–H and O–H groups in total. The zero-order valence-electron chi connectivity index (χ0n) is 9.12. The second kappa shape index (κ2) is 4.41. The van der Waals surface area contributed by atoms with Gasteiger partial charge in [-0.25, -0.2) is 4.98 Å². The van der Waals surface area contributed by atoms with E-state index < -0.39 is 0 Å². The van der Waals surface area contributed by atoms with E-state index in [1.54, 1.807) is 7.11 Å². The van der Waals surface area contributed by atoms with E-state index in [1.165, 1.54) is 12.8 Å². The van der Waals surface area contributed by atoms with Crippen LogP contribution in [-0.4, -0.2) is 17.1 Å². The predicted molar refractivity (Wildman–Crippen MR) is 61.3 cm³/mol. The number of ether oxygens (including phenoxy) is 1. The Morgan fingerprint density at radius 2 is 2.40 bits per heavy atom. The fourth-order valence-corrected chi connectivity index (χ4v) is 2.02. The van der Waals surface area contributed by atoms with Gasteiger partial charge in [-0.05, 0) is 31.2 Å². The fraction of sp³-hybridized carbons (Fsp3) is 0.636. The van der Waals surface area contributed by atoms with Crippen molar-refractivity contribution in [3.8, 4) is 0 Å². The maximum Gasteiger partial charge on any atom is 0.137 e. The van der Waals surface area contributed by atoms with Gasteiger partial charge in [0.05, 0.1) is 0 Å². The molecule has 1 heterocycles. The summed E-state index contributed by atoms with van der Waals surface area (Å²) >= 11 is 5.14. The van der Waals surface area contributed by atoms with Crippen LogP contribution in [0.15, 0.2) is 6.07 Å². The van der Waals surface area contributed by atoms with Crippen molar-refractivity contribution in [2.45, 2.75) is 32.3 Å². The van der Waals surface area contributed by atoms with Crippen LogP contribution in [0.25, 0.3) is 0 Å². The molecule has 1 unspecified atom stereocenters. The van der Waals surface area contributed by atoms with Crippen molar-refractivity contribution >= 4 is 12.2 Å². The van der Waals surface area contributed by atoms with Crippen LogP contribution in [0.3, 0.4) is 0 Å². The molecular formula is C11H16N2OS. The number of aryl methyl sites for hydroxylation is 1. The monoisotopic (exact) mass is 224 g/mol. The lowest BCUT2D eigenvalue weighted by molar-refractivity contribution is 0.0769. The van der Waals surface area contributed by atoms with E-state index in [9.17, 15) is 0 Å². The van der Waals surface area contributed by atoms with Crippen LogP contribution in [0, 0.1) is 10.6 Å². The van der Waals surface area contributed by atoms with Gasteiger partial charge in [0, 0.05) is 12.8 Å². The number of nitrogens with one attached hydrogen (secondary N) is 1. The highest BCUT2D eigenvalue weighted by Gasteiger charge is 2.33. The third kappa shape index (κ3) is 2.44. The van der Waals surface area contributed by atoms with Gasteiger partial charge in [0.15, 0.2) is 0 Å². The molecule has 0 radical (unpaired) electrons. The molecule has 1 aliphatic carbocycles. The molecule has 0 aromatic carbocycles. The first-order chi connectivity index (χ1) is 7.24. The lowest BCUT2D eigenvalue weighted by Crippen LogP contribution is -2.10. The molecule has 1 saturated carbocycles. The summed E-state index contributed by atoms with van der Waals surface area (Å²) < 4.78 is 6.13. The summed E-state index contributed by atoms with van der Waals surface area (Å²) in [6, 6.07) is 1.92. The standard InChI is InChI=1S/C11H16N2OS/c1-3-8-6-9(15)13-11(12-8)10(14-2)7-4-5-7/h6-7,10H,3-5H2,1-2H3,(H,12,13,15). The summed E-state index contributed by atoms with van der Waals surface area (Å²) in [5.74, 6) is 1.52. The second-order valence-electron chi connectivity index (χ2n) is 3.98. The van der Waals surface area contributed by atoms with Gasteiger partial charge in [0.25, 0.3) is 0 Å². The molecule has 1 aliphatic rings. The van der Waals surface area contributed by atoms with Crippen LogP contribution in [0.5, 0.6) is 0 Å². The first kappa shape index (κ1) is 10.8. The molecule has 15 heavy (non-hydrogen) atoms. The topological polar surface area (TPSA) is 37.9 Å². The molecule has 1 aromatic heterocycles. The number of hydrogen-bond donors (Lipinski definition) is 1. The van der Waals surface area contributed by atoms with Crippen molar-refractivity contribution in [3.05, 3.63) is 22.2 Å². The quantitative estimate of drug-likeness (QED) is 0.799. The van der Waals surface area contributed by atoms with Crippen LogP contribution in [0.2, 0.25) is 0 Å². The van der Waals surface area contributed by atoms with Crippen LogP contribution in [-0.2, 0) is 11.2 Å². The minimum atomic E-state index is 0.0956. The smallest absolute Gasteiger partial charge is 0.137 e. The van der Waals surface area contributed by atoms with E-state index in [0.29, 0.717) is 10.6 Å². The van der Waals surface area contributed by atoms with Gasteiger partial charge in [-0.15, -0.1) is 0 Å². The number of methoxy groups -OCH3 is 1. The number of H-pyrrole nitrogens is 1. The highest BCUT2D eigenvalue weighted by Crippen LogP contribution is 2.41. The number of rotatable bonds is 4. The van der Waals surface area contributed by atoms with Gasteiger partial charge < -0.3 is 9.72 Å². The summed E-state index contributed by atoms with van der Waals surface area (Å²) in [5, 5.41) is 0.